The maximum atomic E-state index is 12.8. The van der Waals surface area contributed by atoms with Crippen LogP contribution in [0.3, 0.4) is 0 Å². The van der Waals surface area contributed by atoms with Crippen molar-refractivity contribution in [3.05, 3.63) is 0 Å². The minimum atomic E-state index is -2.51. The second-order valence-corrected chi connectivity index (χ2v) is 4.38. The van der Waals surface area contributed by atoms with E-state index in [4.69, 9.17) is 0 Å². The van der Waals surface area contributed by atoms with Gasteiger partial charge in [0.25, 0.3) is 0 Å². The summed E-state index contributed by atoms with van der Waals surface area (Å²) in [4.78, 5) is 10.4. The topological polar surface area (TPSA) is 26.3 Å². The second kappa shape index (κ2) is 7.91. The molecule has 2 nitrogen and oxygen atoms in total. The first-order chi connectivity index (χ1) is 6.98. The second-order valence-electron chi connectivity index (χ2n) is 3.33. The lowest BCUT2D eigenvalue weighted by molar-refractivity contribution is -0.138. The Morgan fingerprint density at radius 3 is 2.60 bits per heavy atom. The van der Waals surface area contributed by atoms with Gasteiger partial charge in [-0.15, -0.1) is 11.8 Å². The van der Waals surface area contributed by atoms with Gasteiger partial charge in [0.05, 0.1) is 0 Å². The highest BCUT2D eigenvalue weighted by atomic mass is 32.2. The maximum Gasteiger partial charge on any atom is 0.303 e. The van der Waals surface area contributed by atoms with E-state index in [1.165, 1.54) is 25.6 Å². The van der Waals surface area contributed by atoms with Crippen LogP contribution in [-0.4, -0.2) is 23.6 Å². The number of carbonyl (C=O) groups excluding carboxylic acids is 1. The van der Waals surface area contributed by atoms with Crippen LogP contribution in [0.4, 0.5) is 8.78 Å². The van der Waals surface area contributed by atoms with Crippen molar-refractivity contribution in [1.82, 2.24) is 0 Å². The average Bonchev–Trinajstić information content (AvgIpc) is 2.16. The summed E-state index contributed by atoms with van der Waals surface area (Å²) in [5.74, 6) is -1.74. The van der Waals surface area contributed by atoms with Gasteiger partial charge in [-0.25, -0.2) is 8.78 Å². The van der Waals surface area contributed by atoms with Gasteiger partial charge in [-0.3, -0.25) is 4.79 Å². The van der Waals surface area contributed by atoms with Crippen molar-refractivity contribution >= 4 is 17.7 Å². The molecule has 0 aliphatic heterocycles. The van der Waals surface area contributed by atoms with Crippen LogP contribution in [0.25, 0.3) is 0 Å². The largest absolute Gasteiger partial charge is 0.455 e. The number of halogens is 2. The van der Waals surface area contributed by atoms with Crippen molar-refractivity contribution in [3.63, 3.8) is 0 Å². The molecule has 0 bridgehead atoms. The normalized spacial score (nSPS) is 11.5. The molecule has 0 amide bonds. The summed E-state index contributed by atoms with van der Waals surface area (Å²) in [6.45, 7) is 2.85. The Bertz CT molecular complexity index is 186. The third kappa shape index (κ3) is 9.97. The molecule has 0 unspecified atom stereocenters. The number of ether oxygens (including phenoxy) is 1. The molecular weight excluding hydrogens is 222 g/mol. The van der Waals surface area contributed by atoms with Crippen LogP contribution in [0.5, 0.6) is 0 Å². The van der Waals surface area contributed by atoms with E-state index >= 15 is 0 Å². The van der Waals surface area contributed by atoms with E-state index in [0.717, 1.165) is 12.2 Å². The molecule has 0 aromatic heterocycles. The predicted octanol–water partition coefficient (Wildman–Crippen LogP) is 3.46. The molecule has 0 aliphatic carbocycles. The Morgan fingerprint density at radius 2 is 2.07 bits per heavy atom. The Labute approximate surface area is 93.8 Å². The lowest BCUT2D eigenvalue weighted by Gasteiger charge is -2.12. The zero-order valence-corrected chi connectivity index (χ0v) is 10.0. The summed E-state index contributed by atoms with van der Waals surface area (Å²) >= 11 is 1.45. The van der Waals surface area contributed by atoms with E-state index in [1.807, 2.05) is 0 Å². The minimum Gasteiger partial charge on any atom is -0.455 e. The number of esters is 1. The van der Waals surface area contributed by atoms with E-state index in [9.17, 15) is 13.6 Å². The SMILES string of the molecule is CCC(F)(F)CCCCSCOC(C)=O. The Balaban J connectivity index is 3.22. The quantitative estimate of drug-likeness (QED) is 0.369. The summed E-state index contributed by atoms with van der Waals surface area (Å²) in [7, 11) is 0. The fraction of sp³-hybridized carbons (Fsp3) is 0.900. The van der Waals surface area contributed by atoms with Crippen LogP contribution in [0.15, 0.2) is 0 Å². The number of alkyl halides is 2. The number of unbranched alkanes of at least 4 members (excludes halogenated alkanes) is 1. The fourth-order valence-electron chi connectivity index (χ4n) is 0.948. The van der Waals surface area contributed by atoms with Crippen molar-refractivity contribution in [1.29, 1.82) is 0 Å². The minimum absolute atomic E-state index is 0.0440. The molecule has 0 spiro atoms. The van der Waals surface area contributed by atoms with Gasteiger partial charge in [0.15, 0.2) is 0 Å². The Morgan fingerprint density at radius 1 is 1.40 bits per heavy atom. The van der Waals surface area contributed by atoms with Crippen LogP contribution < -0.4 is 0 Å². The van der Waals surface area contributed by atoms with Gasteiger partial charge in [-0.2, -0.15) is 0 Å². The van der Waals surface area contributed by atoms with E-state index in [1.54, 1.807) is 0 Å². The first-order valence-corrected chi connectivity index (χ1v) is 6.22. The fourth-order valence-corrected chi connectivity index (χ4v) is 1.72. The highest BCUT2D eigenvalue weighted by Gasteiger charge is 2.24. The summed E-state index contributed by atoms with van der Waals surface area (Å²) in [6.07, 6.45) is 1.13. The zero-order valence-electron chi connectivity index (χ0n) is 9.22. The van der Waals surface area contributed by atoms with E-state index < -0.39 is 5.92 Å². The van der Waals surface area contributed by atoms with Crippen molar-refractivity contribution in [3.8, 4) is 0 Å². The molecule has 15 heavy (non-hydrogen) atoms. The van der Waals surface area contributed by atoms with Gasteiger partial charge in [-0.1, -0.05) is 6.92 Å². The molecule has 0 saturated heterocycles. The van der Waals surface area contributed by atoms with E-state index in [-0.39, 0.29) is 18.8 Å². The smallest absolute Gasteiger partial charge is 0.303 e. The molecule has 5 heteroatoms. The Kier molecular flexibility index (Phi) is 7.74. The van der Waals surface area contributed by atoms with Crippen molar-refractivity contribution in [2.24, 2.45) is 0 Å². The van der Waals surface area contributed by atoms with Crippen molar-refractivity contribution < 1.29 is 18.3 Å². The number of rotatable bonds is 8. The van der Waals surface area contributed by atoms with Gasteiger partial charge in [0.1, 0.15) is 5.94 Å². The Hall–Kier alpha value is -0.320. The molecule has 0 heterocycles. The first kappa shape index (κ1) is 14.7. The van der Waals surface area contributed by atoms with Crippen LogP contribution in [-0.2, 0) is 9.53 Å². The van der Waals surface area contributed by atoms with Gasteiger partial charge < -0.3 is 4.74 Å². The molecule has 90 valence electrons. The van der Waals surface area contributed by atoms with Crippen molar-refractivity contribution in [2.45, 2.75) is 45.5 Å². The van der Waals surface area contributed by atoms with Gasteiger partial charge in [-0.05, 0) is 18.6 Å². The number of thioether (sulfide) groups is 1. The average molecular weight is 240 g/mol. The maximum absolute atomic E-state index is 12.8. The van der Waals surface area contributed by atoms with Crippen LogP contribution in [0.2, 0.25) is 0 Å². The highest BCUT2D eigenvalue weighted by molar-refractivity contribution is 7.99. The van der Waals surface area contributed by atoms with Gasteiger partial charge >= 0.3 is 5.97 Å². The predicted molar refractivity (Wildman–Crippen MR) is 58.2 cm³/mol. The number of hydrogen-bond acceptors (Lipinski definition) is 3. The first-order valence-electron chi connectivity index (χ1n) is 5.07. The van der Waals surface area contributed by atoms with Crippen LogP contribution >= 0.6 is 11.8 Å². The molecule has 0 saturated carbocycles. The molecule has 0 aromatic rings. The van der Waals surface area contributed by atoms with Crippen LogP contribution in [0, 0.1) is 0 Å². The molecule has 0 atom stereocenters. The zero-order chi connectivity index (χ0) is 11.7. The summed E-state index contributed by atoms with van der Waals surface area (Å²) < 4.78 is 30.2. The third-order valence-corrected chi connectivity index (χ3v) is 2.81. The van der Waals surface area contributed by atoms with E-state index in [2.05, 4.69) is 4.74 Å². The molecule has 0 fully saturated rings. The van der Waals surface area contributed by atoms with Gasteiger partial charge in [0, 0.05) is 19.8 Å². The lowest BCUT2D eigenvalue weighted by Crippen LogP contribution is -2.13. The van der Waals surface area contributed by atoms with Crippen molar-refractivity contribution in [2.75, 3.05) is 11.7 Å². The highest BCUT2D eigenvalue weighted by Crippen LogP contribution is 2.25. The summed E-state index contributed by atoms with van der Waals surface area (Å²) in [5, 5.41) is 0. The monoisotopic (exact) mass is 240 g/mol. The lowest BCUT2D eigenvalue weighted by atomic mass is 10.1. The van der Waals surface area contributed by atoms with Crippen LogP contribution in [0.1, 0.15) is 39.5 Å². The summed E-state index contributed by atoms with van der Waals surface area (Å²) in [6, 6.07) is 0. The van der Waals surface area contributed by atoms with E-state index in [0.29, 0.717) is 12.4 Å². The molecule has 0 N–H and O–H groups in total. The molecular formula is C10H18F2O2S. The summed E-state index contributed by atoms with van der Waals surface area (Å²) in [5.41, 5.74) is 0. The molecule has 0 rings (SSSR count). The standard InChI is InChI=1S/C10H18F2O2S/c1-3-10(11,12)6-4-5-7-15-8-14-9(2)13/h3-8H2,1-2H3. The molecule has 0 aliphatic rings. The number of hydrogen-bond donors (Lipinski definition) is 0. The third-order valence-electron chi connectivity index (χ3n) is 1.94. The molecule has 0 aromatic carbocycles. The van der Waals surface area contributed by atoms with Gasteiger partial charge in [0.2, 0.25) is 5.92 Å². The molecule has 0 radical (unpaired) electrons. The number of carbonyl (C=O) groups is 1.